The van der Waals surface area contributed by atoms with Crippen molar-refractivity contribution in [2.45, 2.75) is 19.4 Å². The van der Waals surface area contributed by atoms with Gasteiger partial charge in [0.2, 0.25) is 5.91 Å². The van der Waals surface area contributed by atoms with Crippen LogP contribution in [-0.2, 0) is 4.79 Å². The zero-order valence-electron chi connectivity index (χ0n) is 11.1. The molecule has 1 heterocycles. The van der Waals surface area contributed by atoms with Crippen molar-refractivity contribution in [2.75, 3.05) is 19.6 Å². The first-order chi connectivity index (χ1) is 8.75. The molecule has 4 nitrogen and oxygen atoms in total. The molecule has 19 heavy (non-hydrogen) atoms. The Labute approximate surface area is 120 Å². The van der Waals surface area contributed by atoms with Crippen molar-refractivity contribution in [3.05, 3.63) is 30.3 Å². The zero-order chi connectivity index (χ0) is 12.8. The number of para-hydroxylation sites is 1. The van der Waals surface area contributed by atoms with E-state index in [2.05, 4.69) is 10.6 Å². The molecule has 0 spiro atoms. The first-order valence-corrected chi connectivity index (χ1v) is 6.46. The number of hydrogen-bond donors (Lipinski definition) is 2. The molecule has 0 saturated carbocycles. The molecule has 1 aromatic carbocycles. The molecule has 106 valence electrons. The van der Waals surface area contributed by atoms with Crippen molar-refractivity contribution in [3.8, 4) is 5.75 Å². The van der Waals surface area contributed by atoms with Gasteiger partial charge in [-0.1, -0.05) is 18.2 Å². The fourth-order valence-corrected chi connectivity index (χ4v) is 2.04. The van der Waals surface area contributed by atoms with Crippen LogP contribution in [0.15, 0.2) is 30.3 Å². The number of hydrogen-bond acceptors (Lipinski definition) is 3. The quantitative estimate of drug-likeness (QED) is 0.864. The minimum atomic E-state index is -0.0225. The molecule has 2 unspecified atom stereocenters. The summed E-state index contributed by atoms with van der Waals surface area (Å²) in [5.74, 6) is 1.08. The van der Waals surface area contributed by atoms with Gasteiger partial charge in [-0.25, -0.2) is 0 Å². The Morgan fingerprint density at radius 3 is 2.84 bits per heavy atom. The van der Waals surface area contributed by atoms with E-state index in [1.807, 2.05) is 37.3 Å². The van der Waals surface area contributed by atoms with Gasteiger partial charge in [0.05, 0.1) is 12.5 Å². The second kappa shape index (κ2) is 8.02. The minimum Gasteiger partial charge on any atom is -0.489 e. The summed E-state index contributed by atoms with van der Waals surface area (Å²) < 4.78 is 5.70. The fourth-order valence-electron chi connectivity index (χ4n) is 2.04. The maximum atomic E-state index is 11.8. The molecule has 5 heteroatoms. The molecule has 1 fully saturated rings. The third kappa shape index (κ3) is 5.09. The van der Waals surface area contributed by atoms with Gasteiger partial charge in [0.1, 0.15) is 11.9 Å². The highest BCUT2D eigenvalue weighted by Gasteiger charge is 2.22. The number of nitrogens with one attached hydrogen (secondary N) is 2. The van der Waals surface area contributed by atoms with E-state index in [0.29, 0.717) is 6.54 Å². The molecule has 1 aromatic rings. The molecule has 1 saturated heterocycles. The lowest BCUT2D eigenvalue weighted by atomic mass is 10.1. The fraction of sp³-hybridized carbons (Fsp3) is 0.500. The molecule has 0 aromatic heterocycles. The van der Waals surface area contributed by atoms with Gasteiger partial charge >= 0.3 is 0 Å². The zero-order valence-corrected chi connectivity index (χ0v) is 11.9. The monoisotopic (exact) mass is 284 g/mol. The van der Waals surface area contributed by atoms with Crippen LogP contribution in [0.4, 0.5) is 0 Å². The van der Waals surface area contributed by atoms with Crippen molar-refractivity contribution >= 4 is 18.3 Å². The van der Waals surface area contributed by atoms with Crippen molar-refractivity contribution in [2.24, 2.45) is 5.92 Å². The van der Waals surface area contributed by atoms with E-state index >= 15 is 0 Å². The van der Waals surface area contributed by atoms with Crippen molar-refractivity contribution < 1.29 is 9.53 Å². The van der Waals surface area contributed by atoms with Crippen LogP contribution in [-0.4, -0.2) is 31.6 Å². The largest absolute Gasteiger partial charge is 0.489 e. The lowest BCUT2D eigenvalue weighted by Crippen LogP contribution is -2.38. The van der Waals surface area contributed by atoms with Crippen LogP contribution >= 0.6 is 12.4 Å². The van der Waals surface area contributed by atoms with Gasteiger partial charge in [-0.05, 0) is 32.0 Å². The second-order valence-electron chi connectivity index (χ2n) is 4.68. The summed E-state index contributed by atoms with van der Waals surface area (Å²) >= 11 is 0. The van der Waals surface area contributed by atoms with Gasteiger partial charge in [0.25, 0.3) is 0 Å². The number of ether oxygens (including phenoxy) is 1. The maximum Gasteiger partial charge on any atom is 0.224 e. The van der Waals surface area contributed by atoms with Crippen LogP contribution < -0.4 is 15.4 Å². The Kier molecular flexibility index (Phi) is 6.67. The standard InChI is InChI=1S/C14H20N2O2.ClH/c1-11(18-13-5-3-2-4-6-13)9-16-14(17)12-7-8-15-10-12;/h2-6,11-12,15H,7-10H2,1H3,(H,16,17);1H. The van der Waals surface area contributed by atoms with E-state index in [0.717, 1.165) is 25.3 Å². The minimum absolute atomic E-state index is 0. The van der Waals surface area contributed by atoms with E-state index in [9.17, 15) is 4.79 Å². The summed E-state index contributed by atoms with van der Waals surface area (Å²) in [5, 5.41) is 6.13. The van der Waals surface area contributed by atoms with E-state index in [1.165, 1.54) is 0 Å². The second-order valence-corrected chi connectivity index (χ2v) is 4.68. The lowest BCUT2D eigenvalue weighted by Gasteiger charge is -2.16. The Bertz CT molecular complexity index is 380. The van der Waals surface area contributed by atoms with Crippen LogP contribution in [0, 0.1) is 5.92 Å². The summed E-state index contributed by atoms with van der Waals surface area (Å²) in [5.41, 5.74) is 0. The predicted molar refractivity (Wildman–Crippen MR) is 77.8 cm³/mol. The van der Waals surface area contributed by atoms with Crippen molar-refractivity contribution in [1.29, 1.82) is 0 Å². The molecular formula is C14H21ClN2O2. The molecule has 2 N–H and O–H groups in total. The molecule has 1 amide bonds. The van der Waals surface area contributed by atoms with E-state index < -0.39 is 0 Å². The average Bonchev–Trinajstić information content (AvgIpc) is 2.91. The summed E-state index contributed by atoms with van der Waals surface area (Å²) in [6.07, 6.45) is 0.908. The van der Waals surface area contributed by atoms with Crippen LogP contribution in [0.3, 0.4) is 0 Å². The molecule has 0 aliphatic carbocycles. The van der Waals surface area contributed by atoms with Crippen molar-refractivity contribution in [1.82, 2.24) is 10.6 Å². The topological polar surface area (TPSA) is 50.4 Å². The first kappa shape index (κ1) is 15.8. The third-order valence-electron chi connectivity index (χ3n) is 3.08. The highest BCUT2D eigenvalue weighted by atomic mass is 35.5. The van der Waals surface area contributed by atoms with Gasteiger partial charge in [0.15, 0.2) is 0 Å². The summed E-state index contributed by atoms with van der Waals surface area (Å²) in [4.78, 5) is 11.8. The number of rotatable bonds is 5. The molecule has 0 bridgehead atoms. The van der Waals surface area contributed by atoms with Crippen LogP contribution in [0.5, 0.6) is 5.75 Å². The van der Waals surface area contributed by atoms with Crippen LogP contribution in [0.1, 0.15) is 13.3 Å². The predicted octanol–water partition coefficient (Wildman–Crippen LogP) is 1.60. The van der Waals surface area contributed by atoms with Gasteiger partial charge in [0, 0.05) is 6.54 Å². The van der Waals surface area contributed by atoms with Gasteiger partial charge in [-0.15, -0.1) is 12.4 Å². The maximum absolute atomic E-state index is 11.8. The summed E-state index contributed by atoms with van der Waals surface area (Å²) in [6.45, 7) is 4.23. The average molecular weight is 285 g/mol. The van der Waals surface area contributed by atoms with Crippen molar-refractivity contribution in [3.63, 3.8) is 0 Å². The van der Waals surface area contributed by atoms with Gasteiger partial charge in [-0.3, -0.25) is 4.79 Å². The highest BCUT2D eigenvalue weighted by Crippen LogP contribution is 2.11. The van der Waals surface area contributed by atoms with Crippen LogP contribution in [0.2, 0.25) is 0 Å². The third-order valence-corrected chi connectivity index (χ3v) is 3.08. The Hall–Kier alpha value is -1.26. The Morgan fingerprint density at radius 1 is 1.47 bits per heavy atom. The molecule has 2 rings (SSSR count). The number of carbonyl (C=O) groups is 1. The van der Waals surface area contributed by atoms with E-state index in [-0.39, 0.29) is 30.3 Å². The molecular weight excluding hydrogens is 264 g/mol. The van der Waals surface area contributed by atoms with E-state index in [4.69, 9.17) is 4.74 Å². The highest BCUT2D eigenvalue weighted by molar-refractivity contribution is 5.85. The number of halogens is 1. The Morgan fingerprint density at radius 2 is 2.21 bits per heavy atom. The van der Waals surface area contributed by atoms with Gasteiger partial charge < -0.3 is 15.4 Å². The molecule has 1 aliphatic heterocycles. The van der Waals surface area contributed by atoms with E-state index in [1.54, 1.807) is 0 Å². The lowest BCUT2D eigenvalue weighted by molar-refractivity contribution is -0.124. The SMILES string of the molecule is CC(CNC(=O)C1CCNC1)Oc1ccccc1.Cl. The van der Waals surface area contributed by atoms with Crippen LogP contribution in [0.25, 0.3) is 0 Å². The number of benzene rings is 1. The van der Waals surface area contributed by atoms with Gasteiger partial charge in [-0.2, -0.15) is 0 Å². The normalized spacial score (nSPS) is 19.3. The first-order valence-electron chi connectivity index (χ1n) is 6.46. The Balaban J connectivity index is 0.00000180. The molecule has 0 radical (unpaired) electrons. The molecule has 2 atom stereocenters. The number of carbonyl (C=O) groups excluding carboxylic acids is 1. The smallest absolute Gasteiger partial charge is 0.224 e. The number of amides is 1. The molecule has 1 aliphatic rings. The summed E-state index contributed by atoms with van der Waals surface area (Å²) in [7, 11) is 0. The summed E-state index contributed by atoms with van der Waals surface area (Å²) in [6, 6.07) is 9.65.